The average Bonchev–Trinajstić information content (AvgIpc) is 2.71. The molecule has 2 heterocycles. The van der Waals surface area contributed by atoms with Gasteiger partial charge >= 0.3 is 0 Å². The van der Waals surface area contributed by atoms with Crippen LogP contribution in [0.1, 0.15) is 17.3 Å². The number of rotatable bonds is 2. The third kappa shape index (κ3) is 1.68. The molecule has 0 fully saturated rings. The second kappa shape index (κ2) is 3.55. The average molecular weight is 193 g/mol. The summed E-state index contributed by atoms with van der Waals surface area (Å²) >= 11 is 1.14. The molecule has 0 aliphatic carbocycles. The van der Waals surface area contributed by atoms with E-state index in [1.807, 2.05) is 0 Å². The van der Waals surface area contributed by atoms with Crippen molar-refractivity contribution in [2.24, 2.45) is 5.73 Å². The molecular formula is C7H7N5S. The molecule has 0 aliphatic heterocycles. The van der Waals surface area contributed by atoms with Crippen LogP contribution < -0.4 is 5.73 Å². The lowest BCUT2D eigenvalue weighted by molar-refractivity contribution is 0.826. The molecule has 5 nitrogen and oxygen atoms in total. The van der Waals surface area contributed by atoms with Crippen molar-refractivity contribution in [2.45, 2.75) is 6.04 Å². The van der Waals surface area contributed by atoms with E-state index in [0.717, 1.165) is 23.0 Å². The van der Waals surface area contributed by atoms with Crippen molar-refractivity contribution in [1.29, 1.82) is 0 Å². The molecule has 1 atom stereocenters. The molecule has 0 bridgehead atoms. The van der Waals surface area contributed by atoms with E-state index in [4.69, 9.17) is 5.73 Å². The Morgan fingerprint density at radius 2 is 2.00 bits per heavy atom. The molecule has 0 radical (unpaired) electrons. The molecule has 0 spiro atoms. The fourth-order valence-electron chi connectivity index (χ4n) is 0.951. The van der Waals surface area contributed by atoms with Crippen LogP contribution in [0.15, 0.2) is 24.9 Å². The van der Waals surface area contributed by atoms with Crippen molar-refractivity contribution in [3.05, 3.63) is 36.2 Å². The number of nitrogens with two attached hydrogens (primary N) is 1. The van der Waals surface area contributed by atoms with Crippen LogP contribution in [0.25, 0.3) is 0 Å². The summed E-state index contributed by atoms with van der Waals surface area (Å²) in [5, 5.41) is 0. The van der Waals surface area contributed by atoms with Gasteiger partial charge in [-0.05, 0) is 0 Å². The molecule has 66 valence electrons. The summed E-state index contributed by atoms with van der Waals surface area (Å²) in [6.07, 6.45) is 6.48. The van der Waals surface area contributed by atoms with Crippen molar-refractivity contribution in [3.63, 3.8) is 0 Å². The summed E-state index contributed by atoms with van der Waals surface area (Å²) in [5.74, 6) is 0. The summed E-state index contributed by atoms with van der Waals surface area (Å²) in [4.78, 5) is 7.76. The lowest BCUT2D eigenvalue weighted by Crippen LogP contribution is -2.12. The predicted molar refractivity (Wildman–Crippen MR) is 48.0 cm³/mol. The minimum absolute atomic E-state index is 0.278. The van der Waals surface area contributed by atoms with Crippen LogP contribution in [0, 0.1) is 0 Å². The fraction of sp³-hybridized carbons (Fsp3) is 0.143. The van der Waals surface area contributed by atoms with E-state index in [-0.39, 0.29) is 6.04 Å². The summed E-state index contributed by atoms with van der Waals surface area (Å²) in [7, 11) is 0. The SMILES string of the molecule is NC(c1cncnc1)c1cnsn1. The molecule has 0 aromatic carbocycles. The number of nitrogens with zero attached hydrogens (tertiary/aromatic N) is 4. The topological polar surface area (TPSA) is 77.6 Å². The number of aromatic nitrogens is 4. The number of hydrogen-bond acceptors (Lipinski definition) is 6. The Morgan fingerprint density at radius 3 is 2.62 bits per heavy atom. The van der Waals surface area contributed by atoms with Gasteiger partial charge in [0.2, 0.25) is 0 Å². The molecule has 2 rings (SSSR count). The highest BCUT2D eigenvalue weighted by molar-refractivity contribution is 6.99. The first-order valence-electron chi connectivity index (χ1n) is 3.66. The Bertz CT molecular complexity index is 360. The highest BCUT2D eigenvalue weighted by atomic mass is 32.1. The van der Waals surface area contributed by atoms with E-state index in [0.29, 0.717) is 0 Å². The van der Waals surface area contributed by atoms with Gasteiger partial charge in [-0.3, -0.25) is 0 Å². The summed E-state index contributed by atoms with van der Waals surface area (Å²) in [5.41, 5.74) is 7.48. The van der Waals surface area contributed by atoms with Gasteiger partial charge in [-0.1, -0.05) is 0 Å². The quantitative estimate of drug-likeness (QED) is 0.745. The second-order valence-electron chi connectivity index (χ2n) is 2.48. The van der Waals surface area contributed by atoms with Gasteiger partial charge in [-0.25, -0.2) is 9.97 Å². The predicted octanol–water partition coefficient (Wildman–Crippen LogP) is 0.376. The van der Waals surface area contributed by atoms with Gasteiger partial charge in [0.05, 0.1) is 29.7 Å². The first-order valence-corrected chi connectivity index (χ1v) is 4.39. The Kier molecular flexibility index (Phi) is 2.24. The third-order valence-electron chi connectivity index (χ3n) is 1.64. The molecule has 2 aromatic rings. The van der Waals surface area contributed by atoms with Gasteiger partial charge in [0, 0.05) is 18.0 Å². The maximum Gasteiger partial charge on any atom is 0.115 e. The molecule has 13 heavy (non-hydrogen) atoms. The highest BCUT2D eigenvalue weighted by Gasteiger charge is 2.11. The minimum atomic E-state index is -0.278. The molecule has 2 aromatic heterocycles. The standard InChI is InChI=1S/C7H7N5S/c8-7(6-3-11-13-12-6)5-1-9-4-10-2-5/h1-4,7H,8H2. The van der Waals surface area contributed by atoms with Gasteiger partial charge in [-0.15, -0.1) is 0 Å². The van der Waals surface area contributed by atoms with Crippen LogP contribution >= 0.6 is 11.7 Å². The molecule has 1 unspecified atom stereocenters. The molecule has 0 saturated carbocycles. The van der Waals surface area contributed by atoms with Crippen molar-refractivity contribution < 1.29 is 0 Å². The summed E-state index contributed by atoms with van der Waals surface area (Å²) < 4.78 is 7.92. The summed E-state index contributed by atoms with van der Waals surface area (Å²) in [6.45, 7) is 0. The lowest BCUT2D eigenvalue weighted by atomic mass is 10.1. The van der Waals surface area contributed by atoms with Crippen molar-refractivity contribution in [2.75, 3.05) is 0 Å². The Balaban J connectivity index is 2.29. The van der Waals surface area contributed by atoms with Crippen LogP contribution in [0.4, 0.5) is 0 Å². The van der Waals surface area contributed by atoms with Crippen molar-refractivity contribution in [1.82, 2.24) is 18.7 Å². The minimum Gasteiger partial charge on any atom is -0.319 e. The van der Waals surface area contributed by atoms with E-state index < -0.39 is 0 Å². The number of hydrogen-bond donors (Lipinski definition) is 1. The largest absolute Gasteiger partial charge is 0.319 e. The van der Waals surface area contributed by atoms with E-state index in [9.17, 15) is 0 Å². The zero-order valence-corrected chi connectivity index (χ0v) is 7.48. The Hall–Kier alpha value is -1.40. The van der Waals surface area contributed by atoms with E-state index in [1.54, 1.807) is 18.6 Å². The molecule has 0 saturated heterocycles. The van der Waals surface area contributed by atoms with Crippen molar-refractivity contribution >= 4 is 11.7 Å². The molecule has 0 aliphatic rings. The van der Waals surface area contributed by atoms with Crippen molar-refractivity contribution in [3.8, 4) is 0 Å². The second-order valence-corrected chi connectivity index (χ2v) is 3.04. The summed E-state index contributed by atoms with van der Waals surface area (Å²) in [6, 6.07) is -0.278. The molecule has 6 heteroatoms. The van der Waals surface area contributed by atoms with E-state index >= 15 is 0 Å². The van der Waals surface area contributed by atoms with Gasteiger partial charge in [-0.2, -0.15) is 8.75 Å². The van der Waals surface area contributed by atoms with Gasteiger partial charge < -0.3 is 5.73 Å². The normalized spacial score (nSPS) is 12.7. The maximum absolute atomic E-state index is 5.88. The smallest absolute Gasteiger partial charge is 0.115 e. The fourth-order valence-corrected chi connectivity index (χ4v) is 1.41. The zero-order valence-electron chi connectivity index (χ0n) is 6.66. The zero-order chi connectivity index (χ0) is 9.10. The first-order chi connectivity index (χ1) is 6.38. The monoisotopic (exact) mass is 193 g/mol. The van der Waals surface area contributed by atoms with Gasteiger partial charge in [0.15, 0.2) is 0 Å². The molecule has 2 N–H and O–H groups in total. The van der Waals surface area contributed by atoms with Crippen LogP contribution in [0.2, 0.25) is 0 Å². The first kappa shape index (κ1) is 8.21. The molecule has 0 amide bonds. The van der Waals surface area contributed by atoms with Crippen LogP contribution in [0.5, 0.6) is 0 Å². The molecular weight excluding hydrogens is 186 g/mol. The van der Waals surface area contributed by atoms with E-state index in [1.165, 1.54) is 6.33 Å². The van der Waals surface area contributed by atoms with Gasteiger partial charge in [0.25, 0.3) is 0 Å². The lowest BCUT2D eigenvalue weighted by Gasteiger charge is -2.05. The Labute approximate surface area is 79.0 Å². The third-order valence-corrected chi connectivity index (χ3v) is 2.13. The van der Waals surface area contributed by atoms with Crippen LogP contribution in [0.3, 0.4) is 0 Å². The van der Waals surface area contributed by atoms with E-state index in [2.05, 4.69) is 18.7 Å². The Morgan fingerprint density at radius 1 is 1.23 bits per heavy atom. The van der Waals surface area contributed by atoms with Gasteiger partial charge in [0.1, 0.15) is 6.33 Å². The van der Waals surface area contributed by atoms with Crippen LogP contribution in [-0.4, -0.2) is 18.7 Å². The highest BCUT2D eigenvalue weighted by Crippen LogP contribution is 2.15. The maximum atomic E-state index is 5.88. The van der Waals surface area contributed by atoms with Crippen LogP contribution in [-0.2, 0) is 0 Å².